The minimum atomic E-state index is -0.182. The summed E-state index contributed by atoms with van der Waals surface area (Å²) in [6.45, 7) is 7.57. The van der Waals surface area contributed by atoms with Crippen LogP contribution in [0.4, 0.5) is 0 Å². The van der Waals surface area contributed by atoms with Gasteiger partial charge < -0.3 is 9.15 Å². The molecular weight excluding hydrogens is 230 g/mol. The number of esters is 1. The molecule has 1 fully saturated rings. The third-order valence-electron chi connectivity index (χ3n) is 3.88. The van der Waals surface area contributed by atoms with Gasteiger partial charge in [0.2, 0.25) is 0 Å². The normalized spacial score (nSPS) is 29.2. The largest absolute Gasteiger partial charge is 0.468 e. The summed E-state index contributed by atoms with van der Waals surface area (Å²) in [5.74, 6) is 1.15. The van der Waals surface area contributed by atoms with Gasteiger partial charge in [0, 0.05) is 25.4 Å². The van der Waals surface area contributed by atoms with Gasteiger partial charge in [0.1, 0.15) is 11.9 Å². The second-order valence-electron chi connectivity index (χ2n) is 5.09. The molecule has 1 aromatic heterocycles. The number of furan rings is 1. The molecule has 4 heteroatoms. The summed E-state index contributed by atoms with van der Waals surface area (Å²) < 4.78 is 10.8. The summed E-state index contributed by atoms with van der Waals surface area (Å²) in [5, 5.41) is 0. The van der Waals surface area contributed by atoms with Gasteiger partial charge in [-0.2, -0.15) is 0 Å². The lowest BCUT2D eigenvalue weighted by molar-refractivity contribution is -0.153. The van der Waals surface area contributed by atoms with Crippen molar-refractivity contribution in [3.05, 3.63) is 24.2 Å². The highest BCUT2D eigenvalue weighted by atomic mass is 16.5. The lowest BCUT2D eigenvalue weighted by atomic mass is 9.89. The van der Waals surface area contributed by atoms with Crippen LogP contribution in [0, 0.1) is 5.92 Å². The van der Waals surface area contributed by atoms with Gasteiger partial charge >= 0.3 is 5.97 Å². The summed E-state index contributed by atoms with van der Waals surface area (Å²) >= 11 is 0. The summed E-state index contributed by atoms with van der Waals surface area (Å²) in [7, 11) is 0. The Kier molecular flexibility index (Phi) is 4.07. The van der Waals surface area contributed by atoms with E-state index in [4.69, 9.17) is 9.15 Å². The lowest BCUT2D eigenvalue weighted by Gasteiger charge is -2.41. The number of hydrogen-bond acceptors (Lipinski definition) is 4. The highest BCUT2D eigenvalue weighted by molar-refractivity contribution is 5.66. The van der Waals surface area contributed by atoms with Crippen molar-refractivity contribution in [2.75, 3.05) is 6.54 Å². The maximum absolute atomic E-state index is 11.1. The molecular formula is C14H21NO3. The zero-order valence-electron chi connectivity index (χ0n) is 11.3. The van der Waals surface area contributed by atoms with Crippen molar-refractivity contribution in [3.63, 3.8) is 0 Å². The first-order valence-electron chi connectivity index (χ1n) is 6.51. The highest BCUT2D eigenvalue weighted by Crippen LogP contribution is 2.27. The third kappa shape index (κ3) is 2.93. The van der Waals surface area contributed by atoms with E-state index in [9.17, 15) is 4.79 Å². The van der Waals surface area contributed by atoms with Crippen molar-refractivity contribution in [2.45, 2.75) is 45.9 Å². The fraction of sp³-hybridized carbons (Fsp3) is 0.643. The first kappa shape index (κ1) is 13.1. The predicted octanol–water partition coefficient (Wildman–Crippen LogP) is 2.44. The van der Waals surface area contributed by atoms with Crippen molar-refractivity contribution in [2.24, 2.45) is 5.92 Å². The van der Waals surface area contributed by atoms with Crippen LogP contribution in [0.2, 0.25) is 0 Å². The van der Waals surface area contributed by atoms with Crippen molar-refractivity contribution in [1.29, 1.82) is 0 Å². The third-order valence-corrected chi connectivity index (χ3v) is 3.88. The number of rotatable bonds is 3. The van der Waals surface area contributed by atoms with Crippen LogP contribution < -0.4 is 0 Å². The van der Waals surface area contributed by atoms with E-state index in [1.54, 1.807) is 6.26 Å². The Morgan fingerprint density at radius 3 is 2.94 bits per heavy atom. The molecule has 18 heavy (non-hydrogen) atoms. The van der Waals surface area contributed by atoms with Gasteiger partial charge in [0.15, 0.2) is 0 Å². The molecule has 0 aromatic carbocycles. The van der Waals surface area contributed by atoms with Gasteiger partial charge in [0.05, 0.1) is 12.8 Å². The van der Waals surface area contributed by atoms with Crippen LogP contribution in [0.1, 0.15) is 33.0 Å². The van der Waals surface area contributed by atoms with Gasteiger partial charge in [-0.3, -0.25) is 9.69 Å². The number of ether oxygens (including phenoxy) is 1. The van der Waals surface area contributed by atoms with Gasteiger partial charge in [-0.15, -0.1) is 0 Å². The van der Waals surface area contributed by atoms with E-state index in [1.165, 1.54) is 6.92 Å². The molecule has 0 N–H and O–H groups in total. The Bertz CT molecular complexity index is 388. The standard InChI is InChI=1S/C14H21NO3/c1-10-11(2)15(9-13-5-4-8-17-13)7-6-14(10)18-12(3)16/h4-5,8,10-11,14H,6-7,9H2,1-3H3/t10-,11+,14+/m1/s1. The van der Waals surface area contributed by atoms with Crippen LogP contribution in [0.15, 0.2) is 22.8 Å². The number of carbonyl (C=O) groups is 1. The molecule has 3 atom stereocenters. The van der Waals surface area contributed by atoms with Crippen LogP contribution in [-0.4, -0.2) is 29.6 Å². The number of piperidine rings is 1. The van der Waals surface area contributed by atoms with Gasteiger partial charge in [0.25, 0.3) is 0 Å². The summed E-state index contributed by atoms with van der Waals surface area (Å²) in [6, 6.07) is 4.29. The Labute approximate surface area is 108 Å². The van der Waals surface area contributed by atoms with Crippen LogP contribution in [0.25, 0.3) is 0 Å². The highest BCUT2D eigenvalue weighted by Gasteiger charge is 2.34. The lowest BCUT2D eigenvalue weighted by Crippen LogP contribution is -2.49. The van der Waals surface area contributed by atoms with E-state index >= 15 is 0 Å². The molecule has 0 saturated carbocycles. The molecule has 2 rings (SSSR count). The Morgan fingerprint density at radius 1 is 1.56 bits per heavy atom. The topological polar surface area (TPSA) is 42.7 Å². The maximum Gasteiger partial charge on any atom is 0.302 e. The van der Waals surface area contributed by atoms with Crippen molar-refractivity contribution in [3.8, 4) is 0 Å². The Morgan fingerprint density at radius 2 is 2.33 bits per heavy atom. The molecule has 100 valence electrons. The molecule has 0 radical (unpaired) electrons. The molecule has 1 aliphatic heterocycles. The van der Waals surface area contributed by atoms with Crippen LogP contribution in [0.3, 0.4) is 0 Å². The minimum absolute atomic E-state index is 0.0466. The molecule has 1 saturated heterocycles. The Balaban J connectivity index is 1.95. The molecule has 2 heterocycles. The smallest absolute Gasteiger partial charge is 0.302 e. The van der Waals surface area contributed by atoms with Crippen molar-refractivity contribution in [1.82, 2.24) is 4.90 Å². The molecule has 1 aliphatic rings. The first-order chi connectivity index (χ1) is 8.58. The molecule has 0 spiro atoms. The number of likely N-dealkylation sites (tertiary alicyclic amines) is 1. The van der Waals surface area contributed by atoms with E-state index in [1.807, 2.05) is 12.1 Å². The molecule has 0 aliphatic carbocycles. The Hall–Kier alpha value is -1.29. The molecule has 0 unspecified atom stereocenters. The van der Waals surface area contributed by atoms with E-state index in [0.717, 1.165) is 25.3 Å². The van der Waals surface area contributed by atoms with E-state index in [2.05, 4.69) is 18.7 Å². The summed E-state index contributed by atoms with van der Waals surface area (Å²) in [5.41, 5.74) is 0. The van der Waals surface area contributed by atoms with Gasteiger partial charge in [-0.05, 0) is 25.5 Å². The second kappa shape index (κ2) is 5.57. The zero-order chi connectivity index (χ0) is 13.1. The fourth-order valence-corrected chi connectivity index (χ4v) is 2.61. The monoisotopic (exact) mass is 251 g/mol. The van der Waals surface area contributed by atoms with Gasteiger partial charge in [-0.25, -0.2) is 0 Å². The van der Waals surface area contributed by atoms with Crippen LogP contribution in [0.5, 0.6) is 0 Å². The van der Waals surface area contributed by atoms with E-state index < -0.39 is 0 Å². The van der Waals surface area contributed by atoms with Crippen molar-refractivity contribution >= 4 is 5.97 Å². The molecule has 0 bridgehead atoms. The van der Waals surface area contributed by atoms with Crippen LogP contribution in [-0.2, 0) is 16.1 Å². The number of nitrogens with zero attached hydrogens (tertiary/aromatic N) is 1. The van der Waals surface area contributed by atoms with Gasteiger partial charge in [-0.1, -0.05) is 6.92 Å². The first-order valence-corrected chi connectivity index (χ1v) is 6.51. The average molecular weight is 251 g/mol. The number of carbonyl (C=O) groups excluding carboxylic acids is 1. The van der Waals surface area contributed by atoms with E-state index in [0.29, 0.717) is 12.0 Å². The maximum atomic E-state index is 11.1. The summed E-state index contributed by atoms with van der Waals surface area (Å²) in [6.07, 6.45) is 2.64. The fourth-order valence-electron chi connectivity index (χ4n) is 2.61. The quantitative estimate of drug-likeness (QED) is 0.774. The number of hydrogen-bond donors (Lipinski definition) is 0. The summed E-state index contributed by atoms with van der Waals surface area (Å²) in [4.78, 5) is 13.4. The van der Waals surface area contributed by atoms with Crippen molar-refractivity contribution < 1.29 is 13.9 Å². The average Bonchev–Trinajstić information content (AvgIpc) is 2.81. The minimum Gasteiger partial charge on any atom is -0.468 e. The predicted molar refractivity (Wildman–Crippen MR) is 67.9 cm³/mol. The van der Waals surface area contributed by atoms with E-state index in [-0.39, 0.29) is 12.1 Å². The zero-order valence-corrected chi connectivity index (χ0v) is 11.3. The molecule has 0 amide bonds. The van der Waals surface area contributed by atoms with Crippen LogP contribution >= 0.6 is 0 Å². The SMILES string of the molecule is CC(=O)O[C@H]1CCN(Cc2ccco2)[C@@H](C)[C@H]1C. The molecule has 1 aromatic rings. The molecule has 4 nitrogen and oxygen atoms in total. The second-order valence-corrected chi connectivity index (χ2v) is 5.09.